The largest absolute Gasteiger partial charge is 0.355 e. The third-order valence-corrected chi connectivity index (χ3v) is 3.98. The predicted octanol–water partition coefficient (Wildman–Crippen LogP) is 0.787. The molecular formula is C13H27N3OS. The van der Waals surface area contributed by atoms with Crippen LogP contribution in [0.1, 0.15) is 20.3 Å². The van der Waals surface area contributed by atoms with Gasteiger partial charge in [0.15, 0.2) is 0 Å². The summed E-state index contributed by atoms with van der Waals surface area (Å²) >= 11 is 2.03. The molecule has 1 aliphatic heterocycles. The van der Waals surface area contributed by atoms with Gasteiger partial charge in [-0.3, -0.25) is 4.79 Å². The normalized spacial score (nSPS) is 17.1. The Hall–Kier alpha value is -0.260. The van der Waals surface area contributed by atoms with Crippen LogP contribution < -0.4 is 10.6 Å². The average Bonchev–Trinajstić information content (AvgIpc) is 2.35. The van der Waals surface area contributed by atoms with Crippen LogP contribution in [0.25, 0.3) is 0 Å². The molecule has 0 aromatic rings. The maximum atomic E-state index is 11.5. The summed E-state index contributed by atoms with van der Waals surface area (Å²) in [6.07, 6.45) is 1.05. The molecule has 0 aromatic carbocycles. The molecule has 1 fully saturated rings. The fourth-order valence-electron chi connectivity index (χ4n) is 1.83. The molecule has 1 rings (SSSR count). The highest BCUT2D eigenvalue weighted by atomic mass is 32.2. The molecule has 0 spiro atoms. The van der Waals surface area contributed by atoms with Crippen molar-refractivity contribution in [1.82, 2.24) is 15.5 Å². The van der Waals surface area contributed by atoms with Gasteiger partial charge in [-0.05, 0) is 12.3 Å². The zero-order chi connectivity index (χ0) is 13.2. The van der Waals surface area contributed by atoms with Crippen LogP contribution in [0, 0.1) is 5.92 Å². The maximum Gasteiger partial charge on any atom is 0.233 e. The van der Waals surface area contributed by atoms with Crippen molar-refractivity contribution in [2.45, 2.75) is 20.3 Å². The van der Waals surface area contributed by atoms with Gasteiger partial charge < -0.3 is 15.5 Å². The van der Waals surface area contributed by atoms with Gasteiger partial charge in [0.2, 0.25) is 5.91 Å². The van der Waals surface area contributed by atoms with Gasteiger partial charge in [0.25, 0.3) is 0 Å². The van der Waals surface area contributed by atoms with Gasteiger partial charge >= 0.3 is 0 Å². The molecule has 1 aliphatic rings. The summed E-state index contributed by atoms with van der Waals surface area (Å²) in [5, 5.41) is 6.14. The van der Waals surface area contributed by atoms with Gasteiger partial charge in [0, 0.05) is 44.2 Å². The number of carbonyl (C=O) groups is 1. The molecule has 0 aromatic heterocycles. The molecule has 4 nitrogen and oxygen atoms in total. The predicted molar refractivity (Wildman–Crippen MR) is 79.1 cm³/mol. The Bertz CT molecular complexity index is 230. The van der Waals surface area contributed by atoms with Crippen LogP contribution >= 0.6 is 11.8 Å². The number of nitrogens with one attached hydrogen (secondary N) is 2. The molecule has 106 valence electrons. The molecule has 0 saturated carbocycles. The third kappa shape index (κ3) is 7.95. The van der Waals surface area contributed by atoms with E-state index in [1.165, 1.54) is 24.6 Å². The highest BCUT2D eigenvalue weighted by molar-refractivity contribution is 7.99. The number of amides is 1. The Kier molecular flexibility index (Phi) is 8.46. The summed E-state index contributed by atoms with van der Waals surface area (Å²) in [5.74, 6) is 3.26. The second-order valence-corrected chi connectivity index (χ2v) is 6.39. The van der Waals surface area contributed by atoms with E-state index in [0.717, 1.165) is 26.1 Å². The Balaban J connectivity index is 1.91. The van der Waals surface area contributed by atoms with E-state index >= 15 is 0 Å². The van der Waals surface area contributed by atoms with Crippen molar-refractivity contribution < 1.29 is 4.79 Å². The van der Waals surface area contributed by atoms with Gasteiger partial charge in [-0.25, -0.2) is 0 Å². The SMILES string of the molecule is CC(C)CCNC(=O)CNCCN1CCSCC1. The monoisotopic (exact) mass is 273 g/mol. The average molecular weight is 273 g/mol. The van der Waals surface area contributed by atoms with Crippen molar-refractivity contribution >= 4 is 17.7 Å². The molecule has 1 heterocycles. The highest BCUT2D eigenvalue weighted by Crippen LogP contribution is 2.07. The van der Waals surface area contributed by atoms with Crippen LogP contribution in [0.2, 0.25) is 0 Å². The molecule has 5 heteroatoms. The number of rotatable bonds is 8. The van der Waals surface area contributed by atoms with Crippen molar-refractivity contribution in [3.05, 3.63) is 0 Å². The molecular weight excluding hydrogens is 246 g/mol. The molecule has 0 atom stereocenters. The number of hydrogen-bond acceptors (Lipinski definition) is 4. The van der Waals surface area contributed by atoms with Gasteiger partial charge in [0.1, 0.15) is 0 Å². The lowest BCUT2D eigenvalue weighted by Crippen LogP contribution is -2.40. The second-order valence-electron chi connectivity index (χ2n) is 5.16. The van der Waals surface area contributed by atoms with Crippen molar-refractivity contribution in [2.75, 3.05) is 50.8 Å². The van der Waals surface area contributed by atoms with E-state index in [1.807, 2.05) is 11.8 Å². The summed E-state index contributed by atoms with van der Waals surface area (Å²) in [6.45, 7) is 9.91. The number of hydrogen-bond donors (Lipinski definition) is 2. The molecule has 1 saturated heterocycles. The number of carbonyl (C=O) groups excluding carboxylic acids is 1. The van der Waals surface area contributed by atoms with E-state index in [-0.39, 0.29) is 5.91 Å². The fourth-order valence-corrected chi connectivity index (χ4v) is 2.81. The zero-order valence-electron chi connectivity index (χ0n) is 11.7. The number of nitrogens with zero attached hydrogens (tertiary/aromatic N) is 1. The zero-order valence-corrected chi connectivity index (χ0v) is 12.5. The standard InChI is InChI=1S/C13H27N3OS/c1-12(2)3-4-15-13(17)11-14-5-6-16-7-9-18-10-8-16/h12,14H,3-11H2,1-2H3,(H,15,17). The summed E-state index contributed by atoms with van der Waals surface area (Å²) in [5.41, 5.74) is 0. The fraction of sp³-hybridized carbons (Fsp3) is 0.923. The van der Waals surface area contributed by atoms with Gasteiger partial charge in [-0.2, -0.15) is 11.8 Å². The van der Waals surface area contributed by atoms with Crippen LogP contribution in [-0.2, 0) is 4.79 Å². The summed E-state index contributed by atoms with van der Waals surface area (Å²) < 4.78 is 0. The van der Waals surface area contributed by atoms with Gasteiger partial charge in [0.05, 0.1) is 6.54 Å². The molecule has 0 aliphatic carbocycles. The van der Waals surface area contributed by atoms with E-state index in [1.54, 1.807) is 0 Å². The molecule has 0 unspecified atom stereocenters. The minimum atomic E-state index is 0.116. The molecule has 0 radical (unpaired) electrons. The molecule has 1 amide bonds. The van der Waals surface area contributed by atoms with Crippen molar-refractivity contribution in [3.8, 4) is 0 Å². The first-order valence-corrected chi connectivity index (χ1v) is 8.11. The van der Waals surface area contributed by atoms with Crippen LogP contribution in [0.3, 0.4) is 0 Å². The second kappa shape index (κ2) is 9.64. The Morgan fingerprint density at radius 3 is 2.67 bits per heavy atom. The van der Waals surface area contributed by atoms with E-state index in [9.17, 15) is 4.79 Å². The van der Waals surface area contributed by atoms with E-state index in [0.29, 0.717) is 12.5 Å². The van der Waals surface area contributed by atoms with E-state index in [4.69, 9.17) is 0 Å². The molecule has 18 heavy (non-hydrogen) atoms. The summed E-state index contributed by atoms with van der Waals surface area (Å²) in [4.78, 5) is 13.9. The smallest absolute Gasteiger partial charge is 0.233 e. The summed E-state index contributed by atoms with van der Waals surface area (Å²) in [6, 6.07) is 0. The highest BCUT2D eigenvalue weighted by Gasteiger charge is 2.09. The Morgan fingerprint density at radius 2 is 2.00 bits per heavy atom. The minimum Gasteiger partial charge on any atom is -0.355 e. The van der Waals surface area contributed by atoms with Crippen molar-refractivity contribution in [3.63, 3.8) is 0 Å². The summed E-state index contributed by atoms with van der Waals surface area (Å²) in [7, 11) is 0. The maximum absolute atomic E-state index is 11.5. The first-order chi connectivity index (χ1) is 8.68. The van der Waals surface area contributed by atoms with Crippen LogP contribution in [-0.4, -0.2) is 61.6 Å². The lowest BCUT2D eigenvalue weighted by molar-refractivity contribution is -0.120. The van der Waals surface area contributed by atoms with Crippen LogP contribution in [0.5, 0.6) is 0 Å². The minimum absolute atomic E-state index is 0.116. The Morgan fingerprint density at radius 1 is 1.28 bits per heavy atom. The van der Waals surface area contributed by atoms with Crippen LogP contribution in [0.15, 0.2) is 0 Å². The van der Waals surface area contributed by atoms with Crippen molar-refractivity contribution in [2.24, 2.45) is 5.92 Å². The topological polar surface area (TPSA) is 44.4 Å². The molecule has 2 N–H and O–H groups in total. The van der Waals surface area contributed by atoms with Gasteiger partial charge in [-0.1, -0.05) is 13.8 Å². The lowest BCUT2D eigenvalue weighted by Gasteiger charge is -2.26. The van der Waals surface area contributed by atoms with E-state index in [2.05, 4.69) is 29.4 Å². The van der Waals surface area contributed by atoms with Crippen LogP contribution in [0.4, 0.5) is 0 Å². The molecule has 0 bridgehead atoms. The lowest BCUT2D eigenvalue weighted by atomic mass is 10.1. The quantitative estimate of drug-likeness (QED) is 0.642. The number of thioether (sulfide) groups is 1. The first-order valence-electron chi connectivity index (χ1n) is 6.96. The Labute approximate surface area is 115 Å². The van der Waals surface area contributed by atoms with Gasteiger partial charge in [-0.15, -0.1) is 0 Å². The van der Waals surface area contributed by atoms with E-state index < -0.39 is 0 Å². The third-order valence-electron chi connectivity index (χ3n) is 3.04. The first kappa shape index (κ1) is 15.8. The van der Waals surface area contributed by atoms with Crippen molar-refractivity contribution in [1.29, 1.82) is 0 Å².